The molecule has 16 heavy (non-hydrogen) atoms. The molecule has 0 saturated carbocycles. The molecule has 0 bridgehead atoms. The predicted octanol–water partition coefficient (Wildman–Crippen LogP) is 3.34. The van der Waals surface area contributed by atoms with Crippen molar-refractivity contribution in [3.63, 3.8) is 0 Å². The average Bonchev–Trinajstić information content (AvgIpc) is 2.31. The zero-order valence-corrected chi connectivity index (χ0v) is 11.8. The number of halogens is 1. The van der Waals surface area contributed by atoms with E-state index in [2.05, 4.69) is 34.9 Å². The van der Waals surface area contributed by atoms with Crippen molar-refractivity contribution in [2.45, 2.75) is 17.7 Å². The van der Waals surface area contributed by atoms with Gasteiger partial charge in [0.15, 0.2) is 0 Å². The first-order valence-electron chi connectivity index (χ1n) is 4.88. The summed E-state index contributed by atoms with van der Waals surface area (Å²) < 4.78 is 25.2. The standard InChI is InChI=1S/C12H13IO2S/c1-2-11(9-6-10-13)16(14,15)12-7-4-3-5-8-12/h3-5,7-8H,1,6,9-10H2. The predicted molar refractivity (Wildman–Crippen MR) is 74.4 cm³/mol. The molecule has 0 heterocycles. The van der Waals surface area contributed by atoms with Gasteiger partial charge in [-0.2, -0.15) is 0 Å². The van der Waals surface area contributed by atoms with Crippen molar-refractivity contribution in [3.8, 4) is 0 Å². The molecule has 2 nitrogen and oxygen atoms in total. The molecule has 0 spiro atoms. The molecule has 0 unspecified atom stereocenters. The quantitative estimate of drug-likeness (QED) is 0.465. The van der Waals surface area contributed by atoms with Gasteiger partial charge in [-0.05, 0) is 29.4 Å². The van der Waals surface area contributed by atoms with E-state index in [4.69, 9.17) is 0 Å². The molecule has 0 fully saturated rings. The van der Waals surface area contributed by atoms with Crippen LogP contribution < -0.4 is 0 Å². The molecule has 1 rings (SSSR count). The summed E-state index contributed by atoms with van der Waals surface area (Å²) in [5.74, 6) is 0. The number of allylic oxidation sites excluding steroid dienone is 1. The maximum Gasteiger partial charge on any atom is 0.209 e. The summed E-state index contributed by atoms with van der Waals surface area (Å²) in [5.41, 5.74) is 2.55. The van der Waals surface area contributed by atoms with Crippen LogP contribution in [0.5, 0.6) is 0 Å². The number of rotatable bonds is 5. The fourth-order valence-corrected chi connectivity index (χ4v) is 3.07. The van der Waals surface area contributed by atoms with Crippen LogP contribution >= 0.6 is 22.6 Å². The molecule has 0 aliphatic rings. The first kappa shape index (κ1) is 13.5. The van der Waals surface area contributed by atoms with Crippen molar-refractivity contribution < 1.29 is 8.42 Å². The molecular weight excluding hydrogens is 335 g/mol. The van der Waals surface area contributed by atoms with E-state index >= 15 is 0 Å². The highest BCUT2D eigenvalue weighted by molar-refractivity contribution is 14.1. The van der Waals surface area contributed by atoms with Crippen molar-refractivity contribution in [1.29, 1.82) is 0 Å². The topological polar surface area (TPSA) is 34.1 Å². The Morgan fingerprint density at radius 3 is 2.44 bits per heavy atom. The molecule has 86 valence electrons. The molecule has 0 radical (unpaired) electrons. The van der Waals surface area contributed by atoms with Gasteiger partial charge >= 0.3 is 0 Å². The van der Waals surface area contributed by atoms with E-state index in [9.17, 15) is 8.42 Å². The molecule has 1 aromatic carbocycles. The first-order chi connectivity index (χ1) is 7.62. The van der Waals surface area contributed by atoms with Gasteiger partial charge in [0.1, 0.15) is 0 Å². The van der Waals surface area contributed by atoms with Crippen molar-refractivity contribution in [2.75, 3.05) is 4.43 Å². The van der Waals surface area contributed by atoms with E-state index < -0.39 is 9.84 Å². The molecule has 0 aliphatic heterocycles. The molecule has 0 aromatic heterocycles. The molecule has 0 amide bonds. The Balaban J connectivity index is 3.07. The van der Waals surface area contributed by atoms with Crippen molar-refractivity contribution in [1.82, 2.24) is 0 Å². The van der Waals surface area contributed by atoms with Crippen LogP contribution in [0.4, 0.5) is 0 Å². The zero-order valence-electron chi connectivity index (χ0n) is 8.82. The van der Waals surface area contributed by atoms with Crippen LogP contribution in [0.2, 0.25) is 0 Å². The molecule has 4 heteroatoms. The second kappa shape index (κ2) is 6.23. The molecule has 0 N–H and O–H groups in total. The SMILES string of the molecule is C=C=C(CCCI)S(=O)(=O)c1ccccc1. The van der Waals surface area contributed by atoms with Crippen molar-refractivity contribution in [3.05, 3.63) is 47.5 Å². The van der Waals surface area contributed by atoms with Gasteiger partial charge in [-0.15, -0.1) is 5.73 Å². The van der Waals surface area contributed by atoms with Gasteiger partial charge < -0.3 is 0 Å². The highest BCUT2D eigenvalue weighted by Crippen LogP contribution is 2.21. The first-order valence-corrected chi connectivity index (χ1v) is 7.89. The summed E-state index contributed by atoms with van der Waals surface area (Å²) in [7, 11) is -3.38. The maximum atomic E-state index is 12.1. The Hall–Kier alpha value is -0.580. The second-order valence-electron chi connectivity index (χ2n) is 3.21. The lowest BCUT2D eigenvalue weighted by molar-refractivity contribution is 0.600. The third-order valence-corrected chi connectivity index (χ3v) is 4.77. The Morgan fingerprint density at radius 2 is 1.94 bits per heavy atom. The van der Waals surface area contributed by atoms with E-state index in [1.165, 1.54) is 0 Å². The van der Waals surface area contributed by atoms with Gasteiger partial charge in [0.05, 0.1) is 9.80 Å². The van der Waals surface area contributed by atoms with Crippen LogP contribution in [0.25, 0.3) is 0 Å². The third-order valence-electron chi connectivity index (χ3n) is 2.11. The maximum absolute atomic E-state index is 12.1. The molecule has 0 saturated heterocycles. The van der Waals surface area contributed by atoms with Crippen LogP contribution in [-0.4, -0.2) is 12.8 Å². The van der Waals surface area contributed by atoms with Crippen LogP contribution in [-0.2, 0) is 9.84 Å². The average molecular weight is 348 g/mol. The largest absolute Gasteiger partial charge is 0.218 e. The van der Waals surface area contributed by atoms with Gasteiger partial charge in [-0.3, -0.25) is 0 Å². The Morgan fingerprint density at radius 1 is 1.31 bits per heavy atom. The fourth-order valence-electron chi connectivity index (χ4n) is 1.29. The smallest absolute Gasteiger partial charge is 0.209 e. The van der Waals surface area contributed by atoms with E-state index in [0.29, 0.717) is 11.3 Å². The van der Waals surface area contributed by atoms with Crippen LogP contribution in [0.15, 0.2) is 52.4 Å². The summed E-state index contributed by atoms with van der Waals surface area (Å²) >= 11 is 2.22. The lowest BCUT2D eigenvalue weighted by Crippen LogP contribution is -2.04. The number of sulfone groups is 1. The minimum Gasteiger partial charge on any atom is -0.218 e. The van der Waals surface area contributed by atoms with Crippen molar-refractivity contribution in [2.24, 2.45) is 0 Å². The molecule has 1 aromatic rings. The van der Waals surface area contributed by atoms with E-state index in [-0.39, 0.29) is 4.91 Å². The van der Waals surface area contributed by atoms with Gasteiger partial charge in [0.2, 0.25) is 9.84 Å². The molecular formula is C12H13IO2S. The van der Waals surface area contributed by atoms with Gasteiger partial charge in [0.25, 0.3) is 0 Å². The summed E-state index contributed by atoms with van der Waals surface area (Å²) in [6, 6.07) is 8.41. The normalized spacial score (nSPS) is 10.8. The molecule has 0 aliphatic carbocycles. The van der Waals surface area contributed by atoms with Crippen LogP contribution in [0.1, 0.15) is 12.8 Å². The van der Waals surface area contributed by atoms with Crippen LogP contribution in [0.3, 0.4) is 0 Å². The highest BCUT2D eigenvalue weighted by Gasteiger charge is 2.19. The Bertz CT molecular complexity index is 485. The lowest BCUT2D eigenvalue weighted by atomic mass is 10.3. The summed E-state index contributed by atoms with van der Waals surface area (Å²) in [6.07, 6.45) is 1.33. The lowest BCUT2D eigenvalue weighted by Gasteiger charge is -2.05. The van der Waals surface area contributed by atoms with Crippen LogP contribution in [0, 0.1) is 0 Å². The fraction of sp³-hybridized carbons (Fsp3) is 0.250. The van der Waals surface area contributed by atoms with Gasteiger partial charge in [-0.1, -0.05) is 47.4 Å². The Labute approximate surface area is 110 Å². The number of hydrogen-bond donors (Lipinski definition) is 0. The minimum absolute atomic E-state index is 0.287. The molecule has 0 atom stereocenters. The number of benzene rings is 1. The minimum atomic E-state index is -3.38. The van der Waals surface area contributed by atoms with E-state index in [1.54, 1.807) is 30.3 Å². The van der Waals surface area contributed by atoms with Crippen molar-refractivity contribution >= 4 is 32.4 Å². The Kier molecular flexibility index (Phi) is 5.25. The van der Waals surface area contributed by atoms with Gasteiger partial charge in [0, 0.05) is 0 Å². The summed E-state index contributed by atoms with van der Waals surface area (Å²) in [5, 5.41) is 0. The highest BCUT2D eigenvalue weighted by atomic mass is 127. The summed E-state index contributed by atoms with van der Waals surface area (Å²) in [6.45, 7) is 3.46. The number of alkyl halides is 1. The number of hydrogen-bond acceptors (Lipinski definition) is 2. The monoisotopic (exact) mass is 348 g/mol. The second-order valence-corrected chi connectivity index (χ2v) is 6.26. The van der Waals surface area contributed by atoms with E-state index in [0.717, 1.165) is 10.8 Å². The van der Waals surface area contributed by atoms with E-state index in [1.807, 2.05) is 0 Å². The zero-order chi connectivity index (χ0) is 12.0. The third kappa shape index (κ3) is 3.20. The summed E-state index contributed by atoms with van der Waals surface area (Å²) in [4.78, 5) is 0.602. The van der Waals surface area contributed by atoms with Gasteiger partial charge in [-0.25, -0.2) is 8.42 Å².